The minimum Gasteiger partial charge on any atom is -0.465 e. The summed E-state index contributed by atoms with van der Waals surface area (Å²) in [6, 6.07) is 4.33. The van der Waals surface area contributed by atoms with Crippen LogP contribution in [0, 0.1) is 39.9 Å². The third-order valence-corrected chi connectivity index (χ3v) is 5.00. The number of carbonyl (C=O) groups is 1. The second kappa shape index (κ2) is 8.31. The van der Waals surface area contributed by atoms with Crippen molar-refractivity contribution >= 4 is 5.97 Å². The molecule has 6 heteroatoms. The molecule has 0 radical (unpaired) electrons. The van der Waals surface area contributed by atoms with Crippen molar-refractivity contribution in [1.82, 2.24) is 0 Å². The number of allylic oxidation sites excluding steroid dienone is 2. The molecule has 2 rings (SSSR count). The van der Waals surface area contributed by atoms with Crippen LogP contribution in [0.3, 0.4) is 0 Å². The maximum absolute atomic E-state index is 11.3. The van der Waals surface area contributed by atoms with Crippen LogP contribution >= 0.6 is 0 Å². The van der Waals surface area contributed by atoms with E-state index >= 15 is 0 Å². The fourth-order valence-electron chi connectivity index (χ4n) is 3.69. The van der Waals surface area contributed by atoms with E-state index in [4.69, 9.17) is 14.2 Å². The predicted molar refractivity (Wildman–Crippen MR) is 94.2 cm³/mol. The summed E-state index contributed by atoms with van der Waals surface area (Å²) in [4.78, 5) is 11.3. The zero-order valence-corrected chi connectivity index (χ0v) is 15.1. The van der Waals surface area contributed by atoms with Gasteiger partial charge in [0.05, 0.1) is 32.0 Å². The van der Waals surface area contributed by atoms with E-state index in [0.29, 0.717) is 31.6 Å². The molecule has 6 nitrogen and oxygen atoms in total. The first-order chi connectivity index (χ1) is 12.5. The molecule has 0 aromatic rings. The molecule has 138 valence electrons. The van der Waals surface area contributed by atoms with Gasteiger partial charge in [-0.25, -0.2) is 0 Å². The molecule has 0 N–H and O–H groups in total. The lowest BCUT2D eigenvalue weighted by Crippen LogP contribution is -2.42. The van der Waals surface area contributed by atoms with E-state index in [1.165, 1.54) is 6.92 Å². The highest BCUT2D eigenvalue weighted by Gasteiger charge is 2.49. The van der Waals surface area contributed by atoms with Gasteiger partial charge < -0.3 is 14.2 Å². The van der Waals surface area contributed by atoms with Crippen molar-refractivity contribution in [2.75, 3.05) is 19.8 Å². The third kappa shape index (κ3) is 3.88. The Balaban J connectivity index is 2.44. The summed E-state index contributed by atoms with van der Waals surface area (Å²) in [5.41, 5.74) is -0.617. The molecule has 2 atom stereocenters. The Labute approximate surface area is 154 Å². The quantitative estimate of drug-likeness (QED) is 0.514. The van der Waals surface area contributed by atoms with Crippen LogP contribution in [0.5, 0.6) is 0 Å². The Hall–Kier alpha value is -2.41. The summed E-state index contributed by atoms with van der Waals surface area (Å²) in [5, 5.41) is 19.5. The minimum atomic E-state index is -1.32. The standard InChI is InChI=1S/C20H24N2O4/c1-4-7-19(13-21,14-22)18-6-8-20(25-9-10-26-20)11-17(18)16(5-2)12-24-15(3)23/h4-6,16-17H,1-2,7-12H2,3H3. The van der Waals surface area contributed by atoms with Crippen LogP contribution in [-0.2, 0) is 19.0 Å². The molecule has 0 amide bonds. The smallest absolute Gasteiger partial charge is 0.302 e. The molecule has 1 saturated heterocycles. The van der Waals surface area contributed by atoms with Crippen LogP contribution in [0.25, 0.3) is 0 Å². The molecule has 0 bridgehead atoms. The van der Waals surface area contributed by atoms with Gasteiger partial charge in [0.1, 0.15) is 0 Å². The summed E-state index contributed by atoms with van der Waals surface area (Å²) in [6.45, 7) is 10.0. The Morgan fingerprint density at radius 2 is 2.12 bits per heavy atom. The number of hydrogen-bond donors (Lipinski definition) is 0. The van der Waals surface area contributed by atoms with Crippen LogP contribution in [0.15, 0.2) is 37.0 Å². The molecule has 1 spiro atoms. The van der Waals surface area contributed by atoms with E-state index in [0.717, 1.165) is 0 Å². The zero-order chi connectivity index (χ0) is 19.2. The van der Waals surface area contributed by atoms with E-state index in [2.05, 4.69) is 25.3 Å². The molecule has 1 heterocycles. The van der Waals surface area contributed by atoms with Crippen LogP contribution in [0.1, 0.15) is 26.2 Å². The van der Waals surface area contributed by atoms with Gasteiger partial charge in [-0.2, -0.15) is 10.5 Å². The number of esters is 1. The average molecular weight is 356 g/mol. The summed E-state index contributed by atoms with van der Waals surface area (Å²) in [7, 11) is 0. The van der Waals surface area contributed by atoms with Crippen LogP contribution in [0.4, 0.5) is 0 Å². The van der Waals surface area contributed by atoms with Gasteiger partial charge >= 0.3 is 5.97 Å². The van der Waals surface area contributed by atoms with Gasteiger partial charge in [0.15, 0.2) is 11.2 Å². The number of rotatable bonds is 7. The number of nitrogens with zero attached hydrogens (tertiary/aromatic N) is 2. The number of hydrogen-bond acceptors (Lipinski definition) is 6. The van der Waals surface area contributed by atoms with Crippen molar-refractivity contribution in [2.45, 2.75) is 32.0 Å². The Morgan fingerprint density at radius 3 is 2.62 bits per heavy atom. The Bertz CT molecular complexity index is 663. The van der Waals surface area contributed by atoms with Crippen LogP contribution in [0.2, 0.25) is 0 Å². The Kier molecular flexibility index (Phi) is 6.37. The van der Waals surface area contributed by atoms with Crippen molar-refractivity contribution in [1.29, 1.82) is 10.5 Å². The van der Waals surface area contributed by atoms with Gasteiger partial charge in [0.2, 0.25) is 0 Å². The lowest BCUT2D eigenvalue weighted by atomic mass is 9.65. The lowest BCUT2D eigenvalue weighted by molar-refractivity contribution is -0.173. The zero-order valence-electron chi connectivity index (χ0n) is 15.1. The fraction of sp³-hybridized carbons (Fsp3) is 0.550. The van der Waals surface area contributed by atoms with Gasteiger partial charge in [0.25, 0.3) is 0 Å². The highest BCUT2D eigenvalue weighted by molar-refractivity contribution is 5.65. The van der Waals surface area contributed by atoms with Gasteiger partial charge in [-0.05, 0) is 11.5 Å². The number of carbonyl (C=O) groups excluding carboxylic acids is 1. The largest absolute Gasteiger partial charge is 0.465 e. The molecule has 26 heavy (non-hydrogen) atoms. The number of nitriles is 2. The highest BCUT2D eigenvalue weighted by atomic mass is 16.7. The monoisotopic (exact) mass is 356 g/mol. The van der Waals surface area contributed by atoms with Gasteiger partial charge in [0, 0.05) is 32.1 Å². The van der Waals surface area contributed by atoms with E-state index in [-0.39, 0.29) is 30.8 Å². The van der Waals surface area contributed by atoms with Gasteiger partial charge in [-0.15, -0.1) is 13.2 Å². The first kappa shape index (κ1) is 19.9. The summed E-state index contributed by atoms with van der Waals surface area (Å²) >= 11 is 0. The summed E-state index contributed by atoms with van der Waals surface area (Å²) in [6.07, 6.45) is 6.31. The minimum absolute atomic E-state index is 0.123. The first-order valence-electron chi connectivity index (χ1n) is 8.63. The molecule has 0 aromatic carbocycles. The fourth-order valence-corrected chi connectivity index (χ4v) is 3.69. The van der Waals surface area contributed by atoms with Gasteiger partial charge in [-0.3, -0.25) is 4.79 Å². The maximum atomic E-state index is 11.3. The van der Waals surface area contributed by atoms with E-state index in [9.17, 15) is 15.3 Å². The average Bonchev–Trinajstić information content (AvgIpc) is 3.08. The third-order valence-electron chi connectivity index (χ3n) is 5.00. The van der Waals surface area contributed by atoms with E-state index < -0.39 is 11.2 Å². The van der Waals surface area contributed by atoms with Crippen LogP contribution in [-0.4, -0.2) is 31.6 Å². The second-order valence-corrected chi connectivity index (χ2v) is 6.61. The summed E-state index contributed by atoms with van der Waals surface area (Å²) < 4.78 is 16.8. The molecule has 0 aromatic heterocycles. The molecular weight excluding hydrogens is 332 g/mol. The molecule has 2 aliphatic rings. The normalized spacial score (nSPS) is 22.6. The topological polar surface area (TPSA) is 92.3 Å². The predicted octanol–water partition coefficient (Wildman–Crippen LogP) is 3.04. The molecule has 2 unspecified atom stereocenters. The molecule has 1 aliphatic carbocycles. The molecule has 1 aliphatic heterocycles. The van der Waals surface area contributed by atoms with Gasteiger partial charge in [-0.1, -0.05) is 18.2 Å². The second-order valence-electron chi connectivity index (χ2n) is 6.61. The van der Waals surface area contributed by atoms with Crippen molar-refractivity contribution in [3.63, 3.8) is 0 Å². The highest BCUT2D eigenvalue weighted by Crippen LogP contribution is 2.48. The van der Waals surface area contributed by atoms with Crippen LogP contribution < -0.4 is 0 Å². The Morgan fingerprint density at radius 1 is 1.46 bits per heavy atom. The maximum Gasteiger partial charge on any atom is 0.302 e. The van der Waals surface area contributed by atoms with Crippen molar-refractivity contribution in [3.8, 4) is 12.1 Å². The molecular formula is C20H24N2O4. The van der Waals surface area contributed by atoms with Crippen molar-refractivity contribution in [3.05, 3.63) is 37.0 Å². The molecule has 1 fully saturated rings. The van der Waals surface area contributed by atoms with Crippen molar-refractivity contribution in [2.24, 2.45) is 17.3 Å². The van der Waals surface area contributed by atoms with E-state index in [1.807, 2.05) is 6.08 Å². The molecule has 0 saturated carbocycles. The SMILES string of the molecule is C=CCC(C#N)(C#N)C1=CCC2(CC1C(C=C)COC(C)=O)OCCO2. The van der Waals surface area contributed by atoms with Crippen molar-refractivity contribution < 1.29 is 19.0 Å². The summed E-state index contributed by atoms with van der Waals surface area (Å²) in [5.74, 6) is -1.67. The lowest BCUT2D eigenvalue weighted by Gasteiger charge is -2.41. The number of ether oxygens (including phenoxy) is 3. The van der Waals surface area contributed by atoms with E-state index in [1.54, 1.807) is 12.2 Å². The first-order valence-corrected chi connectivity index (χ1v) is 8.63.